The maximum Gasteiger partial charge on any atom is 0.344 e. The van der Waals surface area contributed by atoms with Crippen molar-refractivity contribution in [2.45, 2.75) is 32.0 Å². The normalized spacial score (nSPS) is 20.0. The zero-order valence-corrected chi connectivity index (χ0v) is 16.9. The number of cyclic esters (lactones) is 1. The van der Waals surface area contributed by atoms with Gasteiger partial charge in [-0.15, -0.1) is 0 Å². The van der Waals surface area contributed by atoms with Crippen LogP contribution in [0.3, 0.4) is 0 Å². The van der Waals surface area contributed by atoms with E-state index in [1.807, 2.05) is 19.1 Å². The van der Waals surface area contributed by atoms with E-state index in [1.54, 1.807) is 24.3 Å². The molecule has 2 atom stereocenters. The number of hydrogen-bond donors (Lipinski definition) is 1. The van der Waals surface area contributed by atoms with Gasteiger partial charge in [-0.25, -0.2) is 4.79 Å². The highest BCUT2D eigenvalue weighted by molar-refractivity contribution is 6.01. The van der Waals surface area contributed by atoms with Crippen LogP contribution in [0.5, 0.6) is 11.5 Å². The summed E-state index contributed by atoms with van der Waals surface area (Å²) >= 11 is 0. The second-order valence-corrected chi connectivity index (χ2v) is 7.23. The molecule has 2 aliphatic rings. The highest BCUT2D eigenvalue weighted by Crippen LogP contribution is 2.45. The molecular weight excluding hydrogens is 388 g/mol. The molecule has 2 heterocycles. The Bertz CT molecular complexity index is 1020. The number of carbonyl (C=O) groups excluding carboxylic acids is 3. The number of nitrogens with one attached hydrogen (secondary N) is 1. The summed E-state index contributed by atoms with van der Waals surface area (Å²) in [7, 11) is 2.90. The molecule has 156 valence electrons. The number of methoxy groups -OCH3 is 2. The van der Waals surface area contributed by atoms with E-state index in [9.17, 15) is 14.4 Å². The summed E-state index contributed by atoms with van der Waals surface area (Å²) in [5, 5.41) is 2.84. The molecule has 2 aromatic carbocycles. The largest absolute Gasteiger partial charge is 0.493 e. The molecule has 2 amide bonds. The minimum Gasteiger partial charge on any atom is -0.493 e. The van der Waals surface area contributed by atoms with Crippen LogP contribution in [0.4, 0.5) is 5.69 Å². The summed E-state index contributed by atoms with van der Waals surface area (Å²) in [5.41, 5.74) is 2.39. The molecule has 0 aliphatic carbocycles. The first kappa shape index (κ1) is 19.8. The van der Waals surface area contributed by atoms with Crippen molar-refractivity contribution in [2.24, 2.45) is 0 Å². The lowest BCUT2D eigenvalue weighted by Gasteiger charge is -2.29. The summed E-state index contributed by atoms with van der Waals surface area (Å²) in [6, 6.07) is 9.94. The number of carbonyl (C=O) groups is 3. The lowest BCUT2D eigenvalue weighted by atomic mass is 10.0. The first-order chi connectivity index (χ1) is 14.4. The SMILES string of the molecule is COc1ccc2c(c1OC)C(=O)OC2N1C(=O)CC[C@H]1C(=O)Nc1ccc(C)cc1. The third kappa shape index (κ3) is 3.24. The fourth-order valence-electron chi connectivity index (χ4n) is 3.91. The van der Waals surface area contributed by atoms with Crippen LogP contribution in [0.1, 0.15) is 40.6 Å². The van der Waals surface area contributed by atoms with Gasteiger partial charge in [0.05, 0.1) is 14.2 Å². The van der Waals surface area contributed by atoms with Gasteiger partial charge in [-0.05, 0) is 37.6 Å². The van der Waals surface area contributed by atoms with Crippen LogP contribution < -0.4 is 14.8 Å². The monoisotopic (exact) mass is 410 g/mol. The van der Waals surface area contributed by atoms with Gasteiger partial charge in [-0.3, -0.25) is 14.5 Å². The Kier molecular flexibility index (Phi) is 5.07. The molecule has 4 rings (SSSR count). The molecule has 0 radical (unpaired) electrons. The predicted octanol–water partition coefficient (Wildman–Crippen LogP) is 2.81. The zero-order valence-electron chi connectivity index (χ0n) is 16.9. The van der Waals surface area contributed by atoms with E-state index < -0.39 is 18.2 Å². The highest BCUT2D eigenvalue weighted by atomic mass is 16.6. The Hall–Kier alpha value is -3.55. The van der Waals surface area contributed by atoms with Crippen molar-refractivity contribution < 1.29 is 28.6 Å². The molecule has 8 heteroatoms. The highest BCUT2D eigenvalue weighted by Gasteiger charge is 2.47. The van der Waals surface area contributed by atoms with Crippen LogP contribution in [0, 0.1) is 6.92 Å². The topological polar surface area (TPSA) is 94.2 Å². The van der Waals surface area contributed by atoms with Crippen molar-refractivity contribution in [1.82, 2.24) is 4.90 Å². The van der Waals surface area contributed by atoms with E-state index in [0.717, 1.165) is 5.56 Å². The molecule has 2 aromatic rings. The van der Waals surface area contributed by atoms with E-state index >= 15 is 0 Å². The van der Waals surface area contributed by atoms with Gasteiger partial charge < -0.3 is 19.5 Å². The van der Waals surface area contributed by atoms with Crippen LogP contribution in [-0.4, -0.2) is 42.9 Å². The maximum absolute atomic E-state index is 12.9. The van der Waals surface area contributed by atoms with Gasteiger partial charge >= 0.3 is 5.97 Å². The average molecular weight is 410 g/mol. The van der Waals surface area contributed by atoms with E-state index in [0.29, 0.717) is 23.4 Å². The number of nitrogens with zero attached hydrogens (tertiary/aromatic N) is 1. The Morgan fingerprint density at radius 2 is 1.83 bits per heavy atom. The third-order valence-corrected chi connectivity index (χ3v) is 5.40. The van der Waals surface area contributed by atoms with Crippen molar-refractivity contribution in [3.05, 3.63) is 53.1 Å². The first-order valence-electron chi connectivity index (χ1n) is 9.59. The molecule has 1 N–H and O–H groups in total. The summed E-state index contributed by atoms with van der Waals surface area (Å²) < 4.78 is 16.1. The number of amides is 2. The standard InChI is InChI=1S/C22H22N2O6/c1-12-4-6-13(7-5-12)23-20(26)15-9-11-17(25)24(15)21-14-8-10-16(28-2)19(29-3)18(14)22(27)30-21/h4-8,10,15,21H,9,11H2,1-3H3,(H,23,26)/t15-,21?/m0/s1. The van der Waals surface area contributed by atoms with E-state index in [4.69, 9.17) is 14.2 Å². The summed E-state index contributed by atoms with van der Waals surface area (Å²) in [4.78, 5) is 39.5. The van der Waals surface area contributed by atoms with Crippen molar-refractivity contribution >= 4 is 23.5 Å². The summed E-state index contributed by atoms with van der Waals surface area (Å²) in [6.45, 7) is 1.96. The number of likely N-dealkylation sites (tertiary alicyclic amines) is 1. The van der Waals surface area contributed by atoms with E-state index in [2.05, 4.69) is 5.32 Å². The van der Waals surface area contributed by atoms with Crippen LogP contribution in [0.25, 0.3) is 0 Å². The number of benzene rings is 2. The van der Waals surface area contributed by atoms with Crippen molar-refractivity contribution in [1.29, 1.82) is 0 Å². The van der Waals surface area contributed by atoms with Crippen molar-refractivity contribution in [3.63, 3.8) is 0 Å². The number of rotatable bonds is 5. The van der Waals surface area contributed by atoms with E-state index in [-0.39, 0.29) is 29.5 Å². The Morgan fingerprint density at radius 3 is 2.50 bits per heavy atom. The number of hydrogen-bond acceptors (Lipinski definition) is 6. The molecule has 1 fully saturated rings. The van der Waals surface area contributed by atoms with Gasteiger partial charge in [0, 0.05) is 17.7 Å². The second kappa shape index (κ2) is 7.70. The van der Waals surface area contributed by atoms with Crippen LogP contribution >= 0.6 is 0 Å². The Balaban J connectivity index is 1.64. The molecule has 0 aromatic heterocycles. The average Bonchev–Trinajstić information content (AvgIpc) is 3.28. The van der Waals surface area contributed by atoms with Gasteiger partial charge in [0.25, 0.3) is 0 Å². The summed E-state index contributed by atoms with van der Waals surface area (Å²) in [6.07, 6.45) is -0.452. The van der Waals surface area contributed by atoms with Gasteiger partial charge in [0.2, 0.25) is 18.0 Å². The second-order valence-electron chi connectivity index (χ2n) is 7.23. The van der Waals surface area contributed by atoms with Gasteiger partial charge in [0.15, 0.2) is 11.5 Å². The van der Waals surface area contributed by atoms with Crippen molar-refractivity contribution in [3.8, 4) is 11.5 Å². The maximum atomic E-state index is 12.9. The predicted molar refractivity (Wildman–Crippen MR) is 107 cm³/mol. The fraction of sp³-hybridized carbons (Fsp3) is 0.318. The molecule has 0 bridgehead atoms. The summed E-state index contributed by atoms with van der Waals surface area (Å²) in [5.74, 6) is -0.567. The lowest BCUT2D eigenvalue weighted by Crippen LogP contribution is -2.43. The van der Waals surface area contributed by atoms with Crippen LogP contribution in [-0.2, 0) is 14.3 Å². The number of esters is 1. The first-order valence-corrected chi connectivity index (χ1v) is 9.59. The smallest absolute Gasteiger partial charge is 0.344 e. The number of ether oxygens (including phenoxy) is 3. The minimum atomic E-state index is -0.990. The minimum absolute atomic E-state index is 0.197. The van der Waals surface area contributed by atoms with E-state index in [1.165, 1.54) is 19.1 Å². The Morgan fingerprint density at radius 1 is 1.10 bits per heavy atom. The van der Waals surface area contributed by atoms with Gasteiger partial charge in [0.1, 0.15) is 11.6 Å². The third-order valence-electron chi connectivity index (χ3n) is 5.40. The molecule has 30 heavy (non-hydrogen) atoms. The molecule has 2 aliphatic heterocycles. The molecule has 1 saturated heterocycles. The lowest BCUT2D eigenvalue weighted by molar-refractivity contribution is -0.144. The molecular formula is C22H22N2O6. The zero-order chi connectivity index (χ0) is 21.4. The Labute approximate surface area is 173 Å². The van der Waals surface area contributed by atoms with Crippen molar-refractivity contribution in [2.75, 3.05) is 19.5 Å². The molecule has 1 unspecified atom stereocenters. The van der Waals surface area contributed by atoms with Gasteiger partial charge in [-0.2, -0.15) is 0 Å². The molecule has 0 spiro atoms. The van der Waals surface area contributed by atoms with Crippen LogP contribution in [0.15, 0.2) is 36.4 Å². The number of fused-ring (bicyclic) bond motifs is 1. The fourth-order valence-corrected chi connectivity index (χ4v) is 3.91. The number of aryl methyl sites for hydroxylation is 1. The van der Waals surface area contributed by atoms with Crippen LogP contribution in [0.2, 0.25) is 0 Å². The van der Waals surface area contributed by atoms with Gasteiger partial charge in [-0.1, -0.05) is 17.7 Å². The number of anilines is 1. The quantitative estimate of drug-likeness (QED) is 0.762. The molecule has 0 saturated carbocycles. The molecule has 8 nitrogen and oxygen atoms in total.